The van der Waals surface area contributed by atoms with Crippen LogP contribution in [0.2, 0.25) is 0 Å². The third kappa shape index (κ3) is 4.26. The summed E-state index contributed by atoms with van der Waals surface area (Å²) < 4.78 is 22.1. The zero-order chi connectivity index (χ0) is 24.4. The number of ether oxygens (including phenoxy) is 4. The third-order valence-electron chi connectivity index (χ3n) is 5.94. The van der Waals surface area contributed by atoms with Crippen LogP contribution >= 0.6 is 0 Å². The van der Waals surface area contributed by atoms with Gasteiger partial charge in [-0.1, -0.05) is 0 Å². The highest BCUT2D eigenvalue weighted by atomic mass is 16.6. The van der Waals surface area contributed by atoms with Gasteiger partial charge in [0.1, 0.15) is 30.5 Å². The Bertz CT molecular complexity index is 1140. The van der Waals surface area contributed by atoms with Crippen LogP contribution in [0.1, 0.15) is 17.2 Å². The highest BCUT2D eigenvalue weighted by Gasteiger charge is 2.47. The summed E-state index contributed by atoms with van der Waals surface area (Å²) in [5, 5.41) is 11.3. The summed E-state index contributed by atoms with van der Waals surface area (Å²) in [7, 11) is 6.98. The fourth-order valence-corrected chi connectivity index (χ4v) is 4.18. The monoisotopic (exact) mass is 469 g/mol. The summed E-state index contributed by atoms with van der Waals surface area (Å²) in [5.74, 6) is 0.331. The molecule has 180 valence electrons. The van der Waals surface area contributed by atoms with Crippen molar-refractivity contribution in [3.05, 3.63) is 53.1 Å². The molecule has 2 heterocycles. The Morgan fingerprint density at radius 3 is 2.47 bits per heavy atom. The van der Waals surface area contributed by atoms with E-state index in [9.17, 15) is 14.7 Å². The van der Waals surface area contributed by atoms with Gasteiger partial charge in [0.15, 0.2) is 11.5 Å². The lowest BCUT2D eigenvalue weighted by atomic mass is 9.94. The number of quaternary nitrogens is 1. The average Bonchev–Trinajstić information content (AvgIpc) is 3.10. The number of ketones is 1. The molecule has 2 aromatic carbocycles. The average molecular weight is 470 g/mol. The van der Waals surface area contributed by atoms with Crippen molar-refractivity contribution in [1.82, 2.24) is 4.90 Å². The molecule has 0 bridgehead atoms. The summed E-state index contributed by atoms with van der Waals surface area (Å²) >= 11 is 0. The molecule has 34 heavy (non-hydrogen) atoms. The first-order valence-electron chi connectivity index (χ1n) is 11.0. The minimum atomic E-state index is -0.849. The Morgan fingerprint density at radius 2 is 1.79 bits per heavy atom. The second-order valence-corrected chi connectivity index (χ2v) is 8.42. The van der Waals surface area contributed by atoms with Crippen molar-refractivity contribution >= 4 is 17.4 Å². The van der Waals surface area contributed by atoms with Crippen LogP contribution in [0.3, 0.4) is 0 Å². The Morgan fingerprint density at radius 1 is 1.06 bits per heavy atom. The van der Waals surface area contributed by atoms with Crippen molar-refractivity contribution in [3.8, 4) is 23.0 Å². The van der Waals surface area contributed by atoms with Gasteiger partial charge in [-0.2, -0.15) is 0 Å². The van der Waals surface area contributed by atoms with Gasteiger partial charge in [0, 0.05) is 11.1 Å². The van der Waals surface area contributed by atoms with E-state index in [-0.39, 0.29) is 11.3 Å². The fraction of sp³-hybridized carbons (Fsp3) is 0.360. The van der Waals surface area contributed by atoms with Crippen molar-refractivity contribution in [2.45, 2.75) is 6.04 Å². The number of hydrogen-bond donors (Lipinski definition) is 2. The lowest BCUT2D eigenvalue weighted by molar-refractivity contribution is -0.857. The molecule has 1 atom stereocenters. The molecule has 9 heteroatoms. The SMILES string of the molecule is COc1ccc(OC)c([C@H]2C(=C(O)c3ccc4c(c3)OCCO4)C(=O)C(=O)N2CC[NH+](C)C)c1. The van der Waals surface area contributed by atoms with Gasteiger partial charge >= 0.3 is 0 Å². The fourth-order valence-electron chi connectivity index (χ4n) is 4.18. The number of carbonyl (C=O) groups is 2. The number of amides is 1. The topological polar surface area (TPSA) is 99.0 Å². The van der Waals surface area contributed by atoms with Crippen molar-refractivity contribution in [1.29, 1.82) is 0 Å². The number of carbonyl (C=O) groups excluding carboxylic acids is 2. The van der Waals surface area contributed by atoms with Gasteiger partial charge < -0.3 is 33.9 Å². The Kier molecular flexibility index (Phi) is 6.65. The predicted octanol–water partition coefficient (Wildman–Crippen LogP) is 1.04. The molecular formula is C25H29N2O7+. The van der Waals surface area contributed by atoms with Gasteiger partial charge in [-0.15, -0.1) is 0 Å². The van der Waals surface area contributed by atoms with Gasteiger partial charge in [-0.25, -0.2) is 0 Å². The third-order valence-corrected chi connectivity index (χ3v) is 5.94. The summed E-state index contributed by atoms with van der Waals surface area (Å²) in [6.07, 6.45) is 0. The van der Waals surface area contributed by atoms with Crippen LogP contribution in [0, 0.1) is 0 Å². The molecule has 4 rings (SSSR count). The lowest BCUT2D eigenvalue weighted by Gasteiger charge is -2.27. The molecule has 2 N–H and O–H groups in total. The highest BCUT2D eigenvalue weighted by Crippen LogP contribution is 2.44. The van der Waals surface area contributed by atoms with Crippen molar-refractivity contribution in [3.63, 3.8) is 0 Å². The molecule has 0 spiro atoms. The first-order chi connectivity index (χ1) is 16.3. The minimum absolute atomic E-state index is 0.0120. The van der Waals surface area contributed by atoms with E-state index in [1.165, 1.54) is 19.1 Å². The summed E-state index contributed by atoms with van der Waals surface area (Å²) in [5.41, 5.74) is 0.892. The van der Waals surface area contributed by atoms with Crippen LogP contribution in [0.5, 0.6) is 23.0 Å². The molecule has 0 aliphatic carbocycles. The normalized spacial score (nSPS) is 19.0. The van der Waals surface area contributed by atoms with Crippen molar-refractivity contribution in [2.75, 3.05) is 54.6 Å². The maximum Gasteiger partial charge on any atom is 0.295 e. The smallest absolute Gasteiger partial charge is 0.295 e. The van der Waals surface area contributed by atoms with Crippen LogP contribution in [-0.4, -0.2) is 76.3 Å². The van der Waals surface area contributed by atoms with Crippen LogP contribution < -0.4 is 23.8 Å². The first kappa shape index (κ1) is 23.4. The van der Waals surface area contributed by atoms with E-state index in [0.717, 1.165) is 4.90 Å². The number of aliphatic hydroxyl groups excluding tert-OH is 1. The number of Topliss-reactive ketones (excluding diaryl/α,β-unsaturated/α-hetero) is 1. The van der Waals surface area contributed by atoms with Crippen molar-refractivity contribution < 1.29 is 38.5 Å². The van der Waals surface area contributed by atoms with E-state index in [1.807, 2.05) is 14.1 Å². The molecule has 0 saturated carbocycles. The van der Waals surface area contributed by atoms with E-state index in [1.54, 1.807) is 36.4 Å². The quantitative estimate of drug-likeness (QED) is 0.355. The molecule has 2 aliphatic heterocycles. The van der Waals surface area contributed by atoms with E-state index < -0.39 is 17.7 Å². The molecule has 1 amide bonds. The zero-order valence-electron chi connectivity index (χ0n) is 19.7. The molecule has 1 fully saturated rings. The molecule has 2 aromatic rings. The minimum Gasteiger partial charge on any atom is -0.507 e. The Hall–Kier alpha value is -3.72. The molecule has 9 nitrogen and oxygen atoms in total. The lowest BCUT2D eigenvalue weighted by Crippen LogP contribution is -3.06. The van der Waals surface area contributed by atoms with Crippen LogP contribution in [0.15, 0.2) is 42.0 Å². The Labute approximate surface area is 198 Å². The largest absolute Gasteiger partial charge is 0.507 e. The zero-order valence-corrected chi connectivity index (χ0v) is 19.7. The molecule has 0 radical (unpaired) electrons. The number of nitrogens with one attached hydrogen (secondary N) is 1. The first-order valence-corrected chi connectivity index (χ1v) is 11.0. The summed E-state index contributed by atoms with van der Waals surface area (Å²) in [4.78, 5) is 29.0. The molecular weight excluding hydrogens is 440 g/mol. The van der Waals surface area contributed by atoms with Crippen molar-refractivity contribution in [2.24, 2.45) is 0 Å². The van der Waals surface area contributed by atoms with Gasteiger partial charge in [0.05, 0.1) is 53.0 Å². The second kappa shape index (κ2) is 9.64. The Balaban J connectivity index is 1.89. The maximum atomic E-state index is 13.3. The van der Waals surface area contributed by atoms with Gasteiger partial charge in [-0.05, 0) is 36.4 Å². The number of likely N-dealkylation sites (N-methyl/N-ethyl adjacent to an activating group) is 1. The van der Waals surface area contributed by atoms with Gasteiger partial charge in [0.2, 0.25) is 0 Å². The number of methoxy groups -OCH3 is 2. The highest BCUT2D eigenvalue weighted by molar-refractivity contribution is 6.46. The second-order valence-electron chi connectivity index (χ2n) is 8.42. The van der Waals surface area contributed by atoms with E-state index in [0.29, 0.717) is 60.4 Å². The summed E-state index contributed by atoms with van der Waals surface area (Å²) in [6.45, 7) is 1.75. The molecule has 2 aliphatic rings. The molecule has 0 unspecified atom stereocenters. The van der Waals surface area contributed by atoms with E-state index >= 15 is 0 Å². The molecule has 1 saturated heterocycles. The van der Waals surface area contributed by atoms with Gasteiger partial charge in [0.25, 0.3) is 11.7 Å². The maximum absolute atomic E-state index is 13.3. The standard InChI is InChI=1S/C25H28N2O7/c1-26(2)9-10-27-22(17-14-16(31-3)6-8-18(17)32-4)21(24(29)25(27)30)23(28)15-5-7-19-20(13-15)34-12-11-33-19/h5-8,13-14,22,28H,9-12H2,1-4H3/p+1/t22-/m0/s1. The van der Waals surface area contributed by atoms with Gasteiger partial charge in [-0.3, -0.25) is 9.59 Å². The number of nitrogens with zero attached hydrogens (tertiary/aromatic N) is 1. The number of benzene rings is 2. The molecule has 0 aromatic heterocycles. The number of fused-ring (bicyclic) bond motifs is 1. The number of likely N-dealkylation sites (tertiary alicyclic amines) is 1. The number of aliphatic hydroxyl groups is 1. The number of hydrogen-bond acceptors (Lipinski definition) is 7. The number of rotatable bonds is 7. The van der Waals surface area contributed by atoms with Crippen LogP contribution in [0.25, 0.3) is 5.76 Å². The van der Waals surface area contributed by atoms with Crippen LogP contribution in [-0.2, 0) is 9.59 Å². The van der Waals surface area contributed by atoms with Crippen LogP contribution in [0.4, 0.5) is 0 Å². The van der Waals surface area contributed by atoms with E-state index in [4.69, 9.17) is 18.9 Å². The predicted molar refractivity (Wildman–Crippen MR) is 124 cm³/mol. The van der Waals surface area contributed by atoms with E-state index in [2.05, 4.69) is 0 Å². The summed E-state index contributed by atoms with van der Waals surface area (Å²) in [6, 6.07) is 9.26.